The van der Waals surface area contributed by atoms with Crippen LogP contribution in [0, 0.1) is 11.3 Å². The zero-order valence-corrected chi connectivity index (χ0v) is 10.4. The molecule has 0 aromatic carbocycles. The maximum Gasteiger partial charge on any atom is 0.139 e. The number of hydrogen-bond acceptors (Lipinski definition) is 2. The van der Waals surface area contributed by atoms with Crippen LogP contribution in [0.15, 0.2) is 12.2 Å². The zero-order chi connectivity index (χ0) is 11.6. The summed E-state index contributed by atoms with van der Waals surface area (Å²) in [7, 11) is 1.76. The van der Waals surface area contributed by atoms with Gasteiger partial charge in [0.25, 0.3) is 0 Å². The van der Waals surface area contributed by atoms with E-state index in [0.717, 1.165) is 25.7 Å². The van der Waals surface area contributed by atoms with Gasteiger partial charge in [0.15, 0.2) is 0 Å². The predicted molar refractivity (Wildman–Crippen MR) is 64.2 cm³/mol. The highest BCUT2D eigenvalue weighted by atomic mass is 16.5. The van der Waals surface area contributed by atoms with Crippen LogP contribution in [0.25, 0.3) is 0 Å². The zero-order valence-electron chi connectivity index (χ0n) is 10.4. The van der Waals surface area contributed by atoms with Gasteiger partial charge in [-0.1, -0.05) is 25.0 Å². The Bertz CT molecular complexity index is 295. The topological polar surface area (TPSA) is 26.3 Å². The van der Waals surface area contributed by atoms with Gasteiger partial charge in [0.1, 0.15) is 5.78 Å². The number of Topliss-reactive ketones (excluding diaryl/α,β-unsaturated/α-hetero) is 1. The SMILES string of the molecule is C/C=C/[C@@H](OC)[C@H]1CCCC[C@@]12CCC2=O. The standard InChI is InChI=1S/C14H22O2/c1-3-6-12(16-2)11-7-4-5-9-14(11)10-8-13(14)15/h3,6,11-12H,4-5,7-10H2,1-2H3/b6-3+/t11-,12-,14-/m1/s1. The van der Waals surface area contributed by atoms with E-state index in [1.807, 2.05) is 13.0 Å². The van der Waals surface area contributed by atoms with Crippen LogP contribution in [0.5, 0.6) is 0 Å². The molecule has 2 fully saturated rings. The summed E-state index contributed by atoms with van der Waals surface area (Å²) in [6, 6.07) is 0. The number of carbonyl (C=O) groups excluding carboxylic acids is 1. The number of allylic oxidation sites excluding steroid dienone is 1. The summed E-state index contributed by atoms with van der Waals surface area (Å²) in [5.41, 5.74) is -0.0154. The Morgan fingerprint density at radius 1 is 1.44 bits per heavy atom. The van der Waals surface area contributed by atoms with Gasteiger partial charge in [-0.25, -0.2) is 0 Å². The van der Waals surface area contributed by atoms with Crippen molar-refractivity contribution in [1.29, 1.82) is 0 Å². The number of methoxy groups -OCH3 is 1. The first kappa shape index (κ1) is 11.8. The molecule has 16 heavy (non-hydrogen) atoms. The van der Waals surface area contributed by atoms with E-state index < -0.39 is 0 Å². The Labute approximate surface area is 98.1 Å². The minimum Gasteiger partial charge on any atom is -0.377 e. The smallest absolute Gasteiger partial charge is 0.139 e. The van der Waals surface area contributed by atoms with E-state index in [9.17, 15) is 4.79 Å². The van der Waals surface area contributed by atoms with Gasteiger partial charge in [0, 0.05) is 24.9 Å². The van der Waals surface area contributed by atoms with Gasteiger partial charge in [0.2, 0.25) is 0 Å². The molecule has 2 saturated carbocycles. The summed E-state index contributed by atoms with van der Waals surface area (Å²) < 4.78 is 5.57. The van der Waals surface area contributed by atoms with E-state index in [0.29, 0.717) is 11.7 Å². The minimum absolute atomic E-state index is 0.0154. The number of rotatable bonds is 3. The number of ketones is 1. The first-order valence-corrected chi connectivity index (χ1v) is 6.43. The Morgan fingerprint density at radius 3 is 2.75 bits per heavy atom. The second kappa shape index (κ2) is 4.70. The first-order valence-electron chi connectivity index (χ1n) is 6.43. The summed E-state index contributed by atoms with van der Waals surface area (Å²) in [5.74, 6) is 0.910. The molecular weight excluding hydrogens is 200 g/mol. The van der Waals surface area contributed by atoms with Gasteiger partial charge in [-0.2, -0.15) is 0 Å². The average molecular weight is 222 g/mol. The molecule has 1 spiro atoms. The van der Waals surface area contributed by atoms with E-state index >= 15 is 0 Å². The monoisotopic (exact) mass is 222 g/mol. The lowest BCUT2D eigenvalue weighted by Crippen LogP contribution is -2.52. The minimum atomic E-state index is -0.0154. The van der Waals surface area contributed by atoms with Crippen molar-refractivity contribution in [2.24, 2.45) is 11.3 Å². The fourth-order valence-corrected chi connectivity index (χ4v) is 3.52. The quantitative estimate of drug-likeness (QED) is 0.686. The highest BCUT2D eigenvalue weighted by molar-refractivity contribution is 5.91. The van der Waals surface area contributed by atoms with Crippen LogP contribution in [-0.2, 0) is 9.53 Å². The van der Waals surface area contributed by atoms with Crippen molar-refractivity contribution in [1.82, 2.24) is 0 Å². The second-order valence-electron chi connectivity index (χ2n) is 5.16. The molecule has 90 valence electrons. The van der Waals surface area contributed by atoms with E-state index in [4.69, 9.17) is 4.74 Å². The highest BCUT2D eigenvalue weighted by Gasteiger charge is 2.54. The molecule has 2 nitrogen and oxygen atoms in total. The van der Waals surface area contributed by atoms with E-state index in [1.165, 1.54) is 12.8 Å². The van der Waals surface area contributed by atoms with Gasteiger partial charge >= 0.3 is 0 Å². The molecule has 3 atom stereocenters. The third-order valence-electron chi connectivity index (χ3n) is 4.50. The normalized spacial score (nSPS) is 36.6. The molecule has 0 aromatic heterocycles. The van der Waals surface area contributed by atoms with Crippen molar-refractivity contribution >= 4 is 5.78 Å². The van der Waals surface area contributed by atoms with Crippen LogP contribution in [-0.4, -0.2) is 19.0 Å². The van der Waals surface area contributed by atoms with Gasteiger partial charge in [-0.05, 0) is 26.2 Å². The average Bonchev–Trinajstić information content (AvgIpc) is 2.34. The van der Waals surface area contributed by atoms with Crippen LogP contribution in [0.3, 0.4) is 0 Å². The Balaban J connectivity index is 2.19. The molecule has 2 aliphatic rings. The predicted octanol–water partition coefficient (Wildman–Crippen LogP) is 3.12. The van der Waals surface area contributed by atoms with Gasteiger partial charge in [-0.3, -0.25) is 4.79 Å². The summed E-state index contributed by atoms with van der Waals surface area (Å²) >= 11 is 0. The molecular formula is C14H22O2. The Morgan fingerprint density at radius 2 is 2.25 bits per heavy atom. The number of carbonyl (C=O) groups is 1. The van der Waals surface area contributed by atoms with Crippen molar-refractivity contribution in [3.63, 3.8) is 0 Å². The summed E-state index contributed by atoms with van der Waals surface area (Å²) in [6.45, 7) is 2.02. The Hall–Kier alpha value is -0.630. The van der Waals surface area contributed by atoms with Crippen molar-refractivity contribution in [3.8, 4) is 0 Å². The van der Waals surface area contributed by atoms with Crippen LogP contribution in [0.4, 0.5) is 0 Å². The largest absolute Gasteiger partial charge is 0.377 e. The molecule has 0 amide bonds. The molecule has 2 rings (SSSR count). The maximum atomic E-state index is 12.0. The van der Waals surface area contributed by atoms with Crippen LogP contribution < -0.4 is 0 Å². The fraction of sp³-hybridized carbons (Fsp3) is 0.786. The maximum absolute atomic E-state index is 12.0. The molecule has 0 bridgehead atoms. The van der Waals surface area contributed by atoms with Crippen LogP contribution in [0.2, 0.25) is 0 Å². The van der Waals surface area contributed by atoms with Gasteiger partial charge < -0.3 is 4.74 Å². The van der Waals surface area contributed by atoms with E-state index in [1.54, 1.807) is 7.11 Å². The van der Waals surface area contributed by atoms with E-state index in [2.05, 4.69) is 6.08 Å². The number of hydrogen-bond donors (Lipinski definition) is 0. The summed E-state index contributed by atoms with van der Waals surface area (Å²) in [4.78, 5) is 12.0. The van der Waals surface area contributed by atoms with Crippen LogP contribution in [0.1, 0.15) is 45.4 Å². The Kier molecular flexibility index (Phi) is 3.48. The lowest BCUT2D eigenvalue weighted by molar-refractivity contribution is -0.151. The van der Waals surface area contributed by atoms with Crippen molar-refractivity contribution in [2.75, 3.05) is 7.11 Å². The highest BCUT2D eigenvalue weighted by Crippen LogP contribution is 2.54. The molecule has 0 unspecified atom stereocenters. The molecule has 0 saturated heterocycles. The van der Waals surface area contributed by atoms with Crippen molar-refractivity contribution in [3.05, 3.63) is 12.2 Å². The van der Waals surface area contributed by atoms with Gasteiger partial charge in [-0.15, -0.1) is 0 Å². The van der Waals surface area contributed by atoms with Crippen molar-refractivity contribution < 1.29 is 9.53 Å². The lowest BCUT2D eigenvalue weighted by Gasteiger charge is -2.50. The third-order valence-corrected chi connectivity index (χ3v) is 4.50. The molecule has 0 aromatic rings. The molecule has 2 aliphatic carbocycles. The number of ether oxygens (including phenoxy) is 1. The summed E-state index contributed by atoms with van der Waals surface area (Å²) in [6.07, 6.45) is 10.9. The summed E-state index contributed by atoms with van der Waals surface area (Å²) in [5, 5.41) is 0. The second-order valence-corrected chi connectivity index (χ2v) is 5.16. The third kappa shape index (κ3) is 1.73. The van der Waals surface area contributed by atoms with Crippen LogP contribution >= 0.6 is 0 Å². The molecule has 2 heteroatoms. The first-order chi connectivity index (χ1) is 7.74. The molecule has 0 heterocycles. The van der Waals surface area contributed by atoms with Gasteiger partial charge in [0.05, 0.1) is 6.10 Å². The van der Waals surface area contributed by atoms with Crippen molar-refractivity contribution in [2.45, 2.75) is 51.6 Å². The molecule has 0 N–H and O–H groups in total. The molecule has 0 radical (unpaired) electrons. The lowest BCUT2D eigenvalue weighted by atomic mass is 9.53. The fourth-order valence-electron chi connectivity index (χ4n) is 3.52. The molecule has 0 aliphatic heterocycles. The van der Waals surface area contributed by atoms with E-state index in [-0.39, 0.29) is 11.5 Å².